The summed E-state index contributed by atoms with van der Waals surface area (Å²) in [6.07, 6.45) is 0.920. The van der Waals surface area contributed by atoms with Gasteiger partial charge in [0, 0.05) is 31.1 Å². The zero-order chi connectivity index (χ0) is 21.2. The van der Waals surface area contributed by atoms with E-state index >= 15 is 0 Å². The first-order chi connectivity index (χ1) is 13.7. The molecule has 2 heterocycles. The normalized spacial score (nSPS) is 17.2. The van der Waals surface area contributed by atoms with Gasteiger partial charge in [0.25, 0.3) is 0 Å². The molecular formula is C22H35IN6O. The summed E-state index contributed by atoms with van der Waals surface area (Å²) in [6.45, 7) is 13.4. The maximum atomic E-state index is 5.24. The number of benzene rings is 1. The summed E-state index contributed by atoms with van der Waals surface area (Å²) in [5.41, 5.74) is 1.55. The fraction of sp³-hybridized carbons (Fsp3) is 0.591. The van der Waals surface area contributed by atoms with Gasteiger partial charge in [-0.1, -0.05) is 26.0 Å². The molecule has 0 bridgehead atoms. The largest absolute Gasteiger partial charge is 0.497 e. The summed E-state index contributed by atoms with van der Waals surface area (Å²) in [7, 11) is 3.67. The van der Waals surface area contributed by atoms with Gasteiger partial charge in [-0.15, -0.1) is 34.2 Å². The molecule has 1 aliphatic rings. The minimum atomic E-state index is 0. The van der Waals surface area contributed by atoms with E-state index in [4.69, 9.17) is 9.73 Å². The zero-order valence-corrected chi connectivity index (χ0v) is 21.5. The zero-order valence-electron chi connectivity index (χ0n) is 19.2. The third kappa shape index (κ3) is 4.90. The molecule has 1 aliphatic heterocycles. The van der Waals surface area contributed by atoms with Gasteiger partial charge >= 0.3 is 0 Å². The summed E-state index contributed by atoms with van der Waals surface area (Å²) in [6, 6.07) is 8.22. The van der Waals surface area contributed by atoms with Crippen molar-refractivity contribution >= 4 is 29.9 Å². The van der Waals surface area contributed by atoms with Crippen molar-refractivity contribution in [2.24, 2.45) is 17.5 Å². The number of hydrogen-bond acceptors (Lipinski definition) is 4. The van der Waals surface area contributed by atoms with Crippen LogP contribution in [-0.4, -0.2) is 51.4 Å². The molecule has 3 rings (SSSR count). The lowest BCUT2D eigenvalue weighted by atomic mass is 9.65. The van der Waals surface area contributed by atoms with E-state index in [0.29, 0.717) is 6.54 Å². The molecule has 1 N–H and O–H groups in total. The summed E-state index contributed by atoms with van der Waals surface area (Å²) in [5.74, 6) is 3.58. The van der Waals surface area contributed by atoms with Gasteiger partial charge in [0.15, 0.2) is 11.8 Å². The van der Waals surface area contributed by atoms with E-state index in [-0.39, 0.29) is 34.9 Å². The molecule has 30 heavy (non-hydrogen) atoms. The minimum absolute atomic E-state index is 0. The van der Waals surface area contributed by atoms with Crippen molar-refractivity contribution in [2.45, 2.75) is 53.1 Å². The first kappa shape index (κ1) is 24.4. The van der Waals surface area contributed by atoms with Crippen LogP contribution < -0.4 is 10.1 Å². The summed E-state index contributed by atoms with van der Waals surface area (Å²) >= 11 is 0. The molecule has 2 aromatic rings. The quantitative estimate of drug-likeness (QED) is 0.354. The van der Waals surface area contributed by atoms with Gasteiger partial charge in [-0.25, -0.2) is 4.99 Å². The van der Waals surface area contributed by atoms with Crippen LogP contribution in [0.5, 0.6) is 5.75 Å². The van der Waals surface area contributed by atoms with E-state index in [1.54, 1.807) is 7.11 Å². The van der Waals surface area contributed by atoms with Crippen LogP contribution in [-0.2, 0) is 20.0 Å². The predicted molar refractivity (Wildman–Crippen MR) is 132 cm³/mol. The molecule has 0 aliphatic carbocycles. The molecule has 1 aromatic carbocycles. The number of halogens is 1. The van der Waals surface area contributed by atoms with Crippen LogP contribution in [0.4, 0.5) is 0 Å². The molecule has 1 saturated heterocycles. The van der Waals surface area contributed by atoms with Crippen molar-refractivity contribution in [1.82, 2.24) is 25.0 Å². The molecule has 1 aromatic heterocycles. The highest BCUT2D eigenvalue weighted by atomic mass is 127. The number of methoxy groups -OCH3 is 1. The number of nitrogens with one attached hydrogen (secondary N) is 1. The maximum absolute atomic E-state index is 5.24. The van der Waals surface area contributed by atoms with E-state index < -0.39 is 0 Å². The predicted octanol–water partition coefficient (Wildman–Crippen LogP) is 3.56. The molecule has 0 amide bonds. The van der Waals surface area contributed by atoms with Crippen LogP contribution in [0.1, 0.15) is 44.9 Å². The highest BCUT2D eigenvalue weighted by Gasteiger charge is 2.53. The number of aryl methyl sites for hydroxylation is 1. The molecule has 166 valence electrons. The van der Waals surface area contributed by atoms with Gasteiger partial charge in [-0.2, -0.15) is 0 Å². The minimum Gasteiger partial charge on any atom is -0.497 e. The van der Waals surface area contributed by atoms with Crippen LogP contribution in [0.15, 0.2) is 29.3 Å². The Hall–Kier alpha value is -1.84. The van der Waals surface area contributed by atoms with Gasteiger partial charge < -0.3 is 19.5 Å². The Labute approximate surface area is 197 Å². The maximum Gasteiger partial charge on any atom is 0.194 e. The van der Waals surface area contributed by atoms with Crippen LogP contribution in [0.25, 0.3) is 0 Å². The number of likely N-dealkylation sites (tertiary alicyclic amines) is 1. The number of aliphatic imine (C=N–C) groups is 1. The van der Waals surface area contributed by atoms with Crippen LogP contribution in [0, 0.1) is 12.3 Å². The Morgan fingerprint density at radius 3 is 2.33 bits per heavy atom. The van der Waals surface area contributed by atoms with Crippen molar-refractivity contribution in [3.05, 3.63) is 41.5 Å². The van der Waals surface area contributed by atoms with E-state index in [1.165, 1.54) is 5.56 Å². The van der Waals surface area contributed by atoms with Gasteiger partial charge in [-0.3, -0.25) is 0 Å². The van der Waals surface area contributed by atoms with Crippen molar-refractivity contribution < 1.29 is 4.74 Å². The molecule has 0 radical (unpaired) electrons. The average Bonchev–Trinajstić information content (AvgIpc) is 3.01. The number of rotatable bonds is 6. The lowest BCUT2D eigenvalue weighted by Gasteiger charge is -2.62. The molecule has 0 saturated carbocycles. The number of hydrogen-bond donors (Lipinski definition) is 1. The molecule has 8 heteroatoms. The average molecular weight is 526 g/mol. The Balaban J connectivity index is 0.00000320. The van der Waals surface area contributed by atoms with Crippen molar-refractivity contribution in [2.75, 3.05) is 20.2 Å². The standard InChI is InChI=1S/C22H34N6O.HI/c1-16-25-26-19(27(16)6)14-24-20(28-15-21(2,3)22(28,4)5)23-13-12-17-8-10-18(29-7)11-9-17;/h8-11H,12-15H2,1-7H3,(H,23,24);1H. The Morgan fingerprint density at radius 1 is 1.17 bits per heavy atom. The Bertz CT molecular complexity index is 872. The van der Waals surface area contributed by atoms with Gasteiger partial charge in [0.05, 0.1) is 7.11 Å². The van der Waals surface area contributed by atoms with Crippen LogP contribution in [0.3, 0.4) is 0 Å². The molecule has 1 fully saturated rings. The van der Waals surface area contributed by atoms with Gasteiger partial charge in [0.1, 0.15) is 18.1 Å². The summed E-state index contributed by atoms with van der Waals surface area (Å²) in [4.78, 5) is 7.26. The highest BCUT2D eigenvalue weighted by Crippen LogP contribution is 2.46. The van der Waals surface area contributed by atoms with Crippen LogP contribution >= 0.6 is 24.0 Å². The third-order valence-electron chi connectivity index (χ3n) is 6.55. The van der Waals surface area contributed by atoms with Gasteiger partial charge in [-0.05, 0) is 44.9 Å². The fourth-order valence-corrected chi connectivity index (χ4v) is 3.48. The molecular weight excluding hydrogens is 491 g/mol. The first-order valence-electron chi connectivity index (χ1n) is 10.2. The summed E-state index contributed by atoms with van der Waals surface area (Å²) < 4.78 is 7.23. The third-order valence-corrected chi connectivity index (χ3v) is 6.55. The molecule has 0 unspecified atom stereocenters. The second-order valence-electron chi connectivity index (χ2n) is 8.92. The number of guanidine groups is 1. The second kappa shape index (κ2) is 9.53. The molecule has 7 nitrogen and oxygen atoms in total. The fourth-order valence-electron chi connectivity index (χ4n) is 3.48. The topological polar surface area (TPSA) is 67.6 Å². The lowest BCUT2D eigenvalue weighted by molar-refractivity contribution is -0.0668. The number of nitrogens with zero attached hydrogens (tertiary/aromatic N) is 5. The Kier molecular flexibility index (Phi) is 7.76. The van der Waals surface area contributed by atoms with E-state index in [2.05, 4.69) is 60.2 Å². The lowest BCUT2D eigenvalue weighted by Crippen LogP contribution is -2.72. The SMILES string of the molecule is COc1ccc(CCNC(=NCc2nnc(C)n2C)N2CC(C)(C)C2(C)C)cc1.I. The van der Waals surface area contributed by atoms with Crippen LogP contribution in [0.2, 0.25) is 0 Å². The monoisotopic (exact) mass is 526 g/mol. The number of ether oxygens (including phenoxy) is 1. The van der Waals surface area contributed by atoms with E-state index in [1.807, 2.05) is 30.7 Å². The smallest absolute Gasteiger partial charge is 0.194 e. The second-order valence-corrected chi connectivity index (χ2v) is 8.92. The van der Waals surface area contributed by atoms with Crippen molar-refractivity contribution in [3.8, 4) is 5.75 Å². The van der Waals surface area contributed by atoms with Crippen molar-refractivity contribution in [1.29, 1.82) is 0 Å². The van der Waals surface area contributed by atoms with E-state index in [9.17, 15) is 0 Å². The first-order valence-corrected chi connectivity index (χ1v) is 10.2. The molecule has 0 spiro atoms. The van der Waals surface area contributed by atoms with Crippen molar-refractivity contribution in [3.63, 3.8) is 0 Å². The van der Waals surface area contributed by atoms with Gasteiger partial charge in [0.2, 0.25) is 0 Å². The van der Waals surface area contributed by atoms with E-state index in [0.717, 1.165) is 42.9 Å². The highest BCUT2D eigenvalue weighted by molar-refractivity contribution is 14.0. The summed E-state index contributed by atoms with van der Waals surface area (Å²) in [5, 5.41) is 12.0. The molecule has 0 atom stereocenters. The number of aromatic nitrogens is 3. The Morgan fingerprint density at radius 2 is 1.83 bits per heavy atom.